The fourth-order valence-electron chi connectivity index (χ4n) is 4.40. The fraction of sp³-hybridized carbons (Fsp3) is 0.579. The summed E-state index contributed by atoms with van der Waals surface area (Å²) < 4.78 is 5.85. The fourth-order valence-corrected chi connectivity index (χ4v) is 4.40. The van der Waals surface area contributed by atoms with Gasteiger partial charge in [0.1, 0.15) is 6.61 Å². The van der Waals surface area contributed by atoms with Gasteiger partial charge in [0, 0.05) is 44.8 Å². The summed E-state index contributed by atoms with van der Waals surface area (Å²) >= 11 is 0. The van der Waals surface area contributed by atoms with Crippen LogP contribution in [0.4, 0.5) is 5.69 Å². The first-order valence-corrected chi connectivity index (χ1v) is 9.12. The Hall–Kier alpha value is -1.92. The Bertz CT molecular complexity index is 643. The highest BCUT2D eigenvalue weighted by Gasteiger charge is 2.45. The van der Waals surface area contributed by atoms with Gasteiger partial charge in [-0.15, -0.1) is 0 Å². The molecule has 3 aliphatic rings. The van der Waals surface area contributed by atoms with Crippen molar-refractivity contribution in [2.45, 2.75) is 38.0 Å². The highest BCUT2D eigenvalue weighted by molar-refractivity contribution is 5.95. The summed E-state index contributed by atoms with van der Waals surface area (Å²) in [4.78, 5) is 30.3. The number of hydrogen-bond acceptors (Lipinski definition) is 4. The number of fused-ring (bicyclic) bond motifs is 1. The van der Waals surface area contributed by atoms with Crippen molar-refractivity contribution in [2.75, 3.05) is 37.7 Å². The number of piperidine rings is 1. The minimum absolute atomic E-state index is 0.0423. The number of morpholine rings is 1. The van der Waals surface area contributed by atoms with Gasteiger partial charge in [-0.1, -0.05) is 18.2 Å². The number of hydrogen-bond donors (Lipinski definition) is 0. The third kappa shape index (κ3) is 3.16. The van der Waals surface area contributed by atoms with Crippen LogP contribution in [-0.2, 0) is 14.3 Å². The number of ether oxygens (including phenoxy) is 1. The zero-order valence-corrected chi connectivity index (χ0v) is 14.6. The molecule has 1 aromatic carbocycles. The minimum atomic E-state index is 0.0423. The minimum Gasteiger partial charge on any atom is -0.365 e. The van der Waals surface area contributed by atoms with Crippen LogP contribution in [0.3, 0.4) is 0 Å². The Labute approximate surface area is 148 Å². The molecule has 0 spiro atoms. The Morgan fingerprint density at radius 1 is 1.12 bits per heavy atom. The van der Waals surface area contributed by atoms with Crippen LogP contribution in [0, 0.1) is 0 Å². The summed E-state index contributed by atoms with van der Waals surface area (Å²) in [7, 11) is 0. The first kappa shape index (κ1) is 16.5. The molecule has 2 amide bonds. The number of likely N-dealkylation sites (tertiary alicyclic amines) is 2. The van der Waals surface area contributed by atoms with E-state index in [-0.39, 0.29) is 30.6 Å². The molecule has 6 heteroatoms. The molecule has 0 aromatic heterocycles. The summed E-state index contributed by atoms with van der Waals surface area (Å²) in [5.41, 5.74) is 0.957. The highest BCUT2D eigenvalue weighted by Crippen LogP contribution is 2.31. The van der Waals surface area contributed by atoms with E-state index in [4.69, 9.17) is 4.74 Å². The van der Waals surface area contributed by atoms with Crippen LogP contribution in [-0.4, -0.2) is 72.6 Å². The molecule has 3 heterocycles. The molecule has 4 rings (SSSR count). The van der Waals surface area contributed by atoms with Crippen molar-refractivity contribution in [3.05, 3.63) is 30.3 Å². The number of carbonyl (C=O) groups excluding carboxylic acids is 2. The molecule has 1 aromatic rings. The summed E-state index contributed by atoms with van der Waals surface area (Å²) in [5, 5.41) is 0. The largest absolute Gasteiger partial charge is 0.365 e. The molecule has 0 radical (unpaired) electrons. The molecule has 0 bridgehead atoms. The molecule has 3 aliphatic heterocycles. The molecular formula is C19H25N3O3. The van der Waals surface area contributed by atoms with Crippen LogP contribution in [0.25, 0.3) is 0 Å². The monoisotopic (exact) mass is 343 g/mol. The number of para-hydroxylation sites is 1. The summed E-state index contributed by atoms with van der Waals surface area (Å²) in [6.07, 6.45) is 2.07. The maximum absolute atomic E-state index is 12.5. The van der Waals surface area contributed by atoms with E-state index in [2.05, 4.69) is 4.90 Å². The number of nitrogens with zero attached hydrogens (tertiary/aromatic N) is 3. The Morgan fingerprint density at radius 2 is 1.84 bits per heavy atom. The molecule has 134 valence electrons. The van der Waals surface area contributed by atoms with Crippen molar-refractivity contribution >= 4 is 17.5 Å². The van der Waals surface area contributed by atoms with E-state index in [0.29, 0.717) is 6.04 Å². The molecule has 3 saturated heterocycles. The number of anilines is 1. The summed E-state index contributed by atoms with van der Waals surface area (Å²) in [6.45, 7) is 5.17. The van der Waals surface area contributed by atoms with Gasteiger partial charge in [-0.3, -0.25) is 14.5 Å². The van der Waals surface area contributed by atoms with Gasteiger partial charge in [0.15, 0.2) is 0 Å². The van der Waals surface area contributed by atoms with E-state index >= 15 is 0 Å². The summed E-state index contributed by atoms with van der Waals surface area (Å²) in [6, 6.07) is 10.4. The predicted molar refractivity (Wildman–Crippen MR) is 94.3 cm³/mol. The van der Waals surface area contributed by atoms with Crippen molar-refractivity contribution in [3.8, 4) is 0 Å². The predicted octanol–water partition coefficient (Wildman–Crippen LogP) is 1.11. The van der Waals surface area contributed by atoms with Crippen LogP contribution in [0.1, 0.15) is 19.8 Å². The van der Waals surface area contributed by atoms with Crippen molar-refractivity contribution in [1.82, 2.24) is 9.80 Å². The summed E-state index contributed by atoms with van der Waals surface area (Å²) in [5.74, 6) is 0.207. The van der Waals surface area contributed by atoms with E-state index in [9.17, 15) is 9.59 Å². The first-order chi connectivity index (χ1) is 12.1. The molecule has 0 N–H and O–H groups in total. The van der Waals surface area contributed by atoms with E-state index in [1.54, 1.807) is 6.92 Å². The van der Waals surface area contributed by atoms with Crippen molar-refractivity contribution in [3.63, 3.8) is 0 Å². The lowest BCUT2D eigenvalue weighted by atomic mass is 10.0. The Morgan fingerprint density at radius 3 is 2.52 bits per heavy atom. The quantitative estimate of drug-likeness (QED) is 0.807. The number of carbonyl (C=O) groups is 2. The first-order valence-electron chi connectivity index (χ1n) is 9.12. The molecule has 6 nitrogen and oxygen atoms in total. The Kier molecular flexibility index (Phi) is 4.48. The van der Waals surface area contributed by atoms with Gasteiger partial charge >= 0.3 is 0 Å². The van der Waals surface area contributed by atoms with Crippen molar-refractivity contribution in [1.29, 1.82) is 0 Å². The third-order valence-corrected chi connectivity index (χ3v) is 5.75. The van der Waals surface area contributed by atoms with Gasteiger partial charge in [0.2, 0.25) is 5.91 Å². The van der Waals surface area contributed by atoms with Crippen LogP contribution < -0.4 is 4.90 Å². The molecule has 0 aliphatic carbocycles. The molecule has 2 atom stereocenters. The van der Waals surface area contributed by atoms with Crippen LogP contribution >= 0.6 is 0 Å². The topological polar surface area (TPSA) is 53.1 Å². The second-order valence-corrected chi connectivity index (χ2v) is 7.21. The smallest absolute Gasteiger partial charge is 0.253 e. The molecule has 0 saturated carbocycles. The second-order valence-electron chi connectivity index (χ2n) is 7.21. The van der Waals surface area contributed by atoms with Gasteiger partial charge < -0.3 is 14.5 Å². The zero-order valence-electron chi connectivity index (χ0n) is 14.6. The lowest BCUT2D eigenvalue weighted by Gasteiger charge is -2.37. The molecular weight excluding hydrogens is 318 g/mol. The van der Waals surface area contributed by atoms with Crippen molar-refractivity contribution in [2.24, 2.45) is 0 Å². The number of rotatable bonds is 2. The maximum atomic E-state index is 12.5. The maximum Gasteiger partial charge on any atom is 0.253 e. The van der Waals surface area contributed by atoms with Crippen LogP contribution in [0.15, 0.2) is 30.3 Å². The van der Waals surface area contributed by atoms with E-state index in [1.807, 2.05) is 40.1 Å². The molecule has 3 fully saturated rings. The van der Waals surface area contributed by atoms with Crippen LogP contribution in [0.5, 0.6) is 0 Å². The SMILES string of the molecule is CC(=O)N1CCC(N2C[C@H]3OCC(=O)N(c4ccccc4)[C@H]3C2)CC1. The van der Waals surface area contributed by atoms with E-state index in [1.165, 1.54) is 0 Å². The van der Waals surface area contributed by atoms with E-state index in [0.717, 1.165) is 44.7 Å². The zero-order chi connectivity index (χ0) is 17.4. The normalized spacial score (nSPS) is 28.3. The third-order valence-electron chi connectivity index (χ3n) is 5.75. The standard InChI is InChI=1S/C19H25N3O3/c1-14(23)20-9-7-15(8-10-20)21-11-17-18(12-21)25-13-19(24)22(17)16-5-3-2-4-6-16/h2-6,15,17-18H,7-13H2,1H3/t17-,18+/m0/s1. The van der Waals surface area contributed by atoms with Crippen LogP contribution in [0.2, 0.25) is 0 Å². The van der Waals surface area contributed by atoms with Gasteiger partial charge in [-0.2, -0.15) is 0 Å². The second kappa shape index (κ2) is 6.77. The average molecular weight is 343 g/mol. The molecule has 0 unspecified atom stereocenters. The number of amides is 2. The average Bonchev–Trinajstić information content (AvgIpc) is 3.06. The highest BCUT2D eigenvalue weighted by atomic mass is 16.5. The number of benzene rings is 1. The van der Waals surface area contributed by atoms with Gasteiger partial charge in [0.25, 0.3) is 5.91 Å². The van der Waals surface area contributed by atoms with E-state index < -0.39 is 0 Å². The van der Waals surface area contributed by atoms with Crippen molar-refractivity contribution < 1.29 is 14.3 Å². The Balaban J connectivity index is 1.46. The van der Waals surface area contributed by atoms with Gasteiger partial charge in [0.05, 0.1) is 12.1 Å². The molecule has 25 heavy (non-hydrogen) atoms. The lowest BCUT2D eigenvalue weighted by Crippen LogP contribution is -2.54. The lowest BCUT2D eigenvalue weighted by molar-refractivity contribution is -0.130. The van der Waals surface area contributed by atoms with Gasteiger partial charge in [-0.25, -0.2) is 0 Å². The van der Waals surface area contributed by atoms with Gasteiger partial charge in [-0.05, 0) is 25.0 Å².